The summed E-state index contributed by atoms with van der Waals surface area (Å²) in [5.74, 6) is 0. The molecule has 0 fully saturated rings. The third kappa shape index (κ3) is 11.1. The van der Waals surface area contributed by atoms with Crippen LogP contribution >= 0.6 is 0 Å². The number of aliphatic hydroxyl groups is 1. The van der Waals surface area contributed by atoms with E-state index in [0.717, 1.165) is 29.0 Å². The Hall–Kier alpha value is -3.32. The molecule has 2 amide bonds. The average molecular weight is 483 g/mol. The minimum Gasteiger partial charge on any atom is -0.443 e. The van der Waals surface area contributed by atoms with Gasteiger partial charge < -0.3 is 14.6 Å². The number of nitrogens with one attached hydrogen (secondary N) is 1. The van der Waals surface area contributed by atoms with Crippen molar-refractivity contribution < 1.29 is 24.2 Å². The SMILES string of the molecule is CCCCCC/C=C/C[C@H](O)[C@@H](C)N(NC(=O)OCc1ccccc1)C(=O)OCc1ccccc1. The zero-order chi connectivity index (χ0) is 25.3. The topological polar surface area (TPSA) is 88.1 Å². The monoisotopic (exact) mass is 482 g/mol. The second kappa shape index (κ2) is 16.3. The maximum atomic E-state index is 12.9. The van der Waals surface area contributed by atoms with Gasteiger partial charge in [0.2, 0.25) is 0 Å². The number of ether oxygens (including phenoxy) is 2. The normalized spacial score (nSPS) is 12.7. The predicted octanol–water partition coefficient (Wildman–Crippen LogP) is 6.13. The molecule has 2 atom stereocenters. The van der Waals surface area contributed by atoms with Crippen LogP contribution in [-0.2, 0) is 22.7 Å². The maximum absolute atomic E-state index is 12.9. The van der Waals surface area contributed by atoms with Crippen LogP contribution in [0.1, 0.15) is 63.5 Å². The number of hydrazine groups is 1. The van der Waals surface area contributed by atoms with E-state index in [4.69, 9.17) is 9.47 Å². The van der Waals surface area contributed by atoms with Gasteiger partial charge in [0.25, 0.3) is 0 Å². The molecular weight excluding hydrogens is 444 g/mol. The number of nitrogens with zero attached hydrogens (tertiary/aromatic N) is 1. The van der Waals surface area contributed by atoms with Crippen LogP contribution in [0, 0.1) is 0 Å². The molecule has 0 saturated carbocycles. The van der Waals surface area contributed by atoms with Crippen molar-refractivity contribution >= 4 is 12.2 Å². The van der Waals surface area contributed by atoms with Crippen molar-refractivity contribution in [2.24, 2.45) is 0 Å². The Kier molecular flexibility index (Phi) is 13.0. The first-order chi connectivity index (χ1) is 17.0. The van der Waals surface area contributed by atoms with Gasteiger partial charge in [-0.2, -0.15) is 0 Å². The first-order valence-corrected chi connectivity index (χ1v) is 12.3. The van der Waals surface area contributed by atoms with Gasteiger partial charge in [0, 0.05) is 0 Å². The summed E-state index contributed by atoms with van der Waals surface area (Å²) in [6.45, 7) is 3.92. The van der Waals surface area contributed by atoms with Gasteiger partial charge in [-0.1, -0.05) is 99.0 Å². The summed E-state index contributed by atoms with van der Waals surface area (Å²) in [5, 5.41) is 11.7. The second-order valence-electron chi connectivity index (χ2n) is 8.45. The number of unbranched alkanes of at least 4 members (excludes halogenated alkanes) is 4. The van der Waals surface area contributed by atoms with E-state index in [-0.39, 0.29) is 13.2 Å². The Morgan fingerprint density at radius 1 is 0.914 bits per heavy atom. The fourth-order valence-electron chi connectivity index (χ4n) is 3.37. The molecule has 0 aromatic heterocycles. The smallest absolute Gasteiger partial charge is 0.429 e. The third-order valence-electron chi connectivity index (χ3n) is 5.56. The van der Waals surface area contributed by atoms with Crippen molar-refractivity contribution in [2.45, 2.75) is 77.7 Å². The largest absolute Gasteiger partial charge is 0.443 e. The number of aliphatic hydroxyl groups excluding tert-OH is 1. The molecule has 0 aliphatic carbocycles. The molecule has 0 aliphatic heterocycles. The number of carbonyl (C=O) groups excluding carboxylic acids is 2. The van der Waals surface area contributed by atoms with E-state index >= 15 is 0 Å². The Morgan fingerprint density at radius 2 is 1.51 bits per heavy atom. The summed E-state index contributed by atoms with van der Waals surface area (Å²) in [6, 6.07) is 17.7. The van der Waals surface area contributed by atoms with Crippen LogP contribution in [0.25, 0.3) is 0 Å². The summed E-state index contributed by atoms with van der Waals surface area (Å²) < 4.78 is 10.6. The molecule has 7 heteroatoms. The maximum Gasteiger partial charge on any atom is 0.429 e. The molecule has 0 unspecified atom stereocenters. The predicted molar refractivity (Wildman–Crippen MR) is 136 cm³/mol. The molecule has 2 rings (SSSR count). The molecule has 35 heavy (non-hydrogen) atoms. The van der Waals surface area contributed by atoms with Crippen LogP contribution in [-0.4, -0.2) is 34.4 Å². The number of rotatable bonds is 13. The standard InChI is InChI=1S/C28H38N2O5/c1-3-4-5-6-7-8-15-20-26(31)23(2)30(28(33)35-22-25-18-13-10-14-19-25)29-27(32)34-21-24-16-11-9-12-17-24/h8-19,23,26,31H,3-7,20-22H2,1-2H3,(H,29,32)/b15-8+/t23-,26+/m1/s1. The van der Waals surface area contributed by atoms with Gasteiger partial charge in [0.1, 0.15) is 13.2 Å². The van der Waals surface area contributed by atoms with Gasteiger partial charge in [-0.05, 0) is 37.3 Å². The molecular formula is C28H38N2O5. The quantitative estimate of drug-likeness (QED) is 0.204. The molecule has 0 spiro atoms. The highest BCUT2D eigenvalue weighted by Gasteiger charge is 2.29. The zero-order valence-corrected chi connectivity index (χ0v) is 20.8. The minimum absolute atomic E-state index is 0.0391. The molecule has 2 aromatic rings. The summed E-state index contributed by atoms with van der Waals surface area (Å²) in [7, 11) is 0. The summed E-state index contributed by atoms with van der Waals surface area (Å²) >= 11 is 0. The van der Waals surface area contributed by atoms with Gasteiger partial charge in [-0.3, -0.25) is 0 Å². The zero-order valence-electron chi connectivity index (χ0n) is 20.8. The fraction of sp³-hybridized carbons (Fsp3) is 0.429. The van der Waals surface area contributed by atoms with Gasteiger partial charge >= 0.3 is 12.2 Å². The van der Waals surface area contributed by atoms with Crippen molar-refractivity contribution in [3.63, 3.8) is 0 Å². The van der Waals surface area contributed by atoms with E-state index in [2.05, 4.69) is 12.3 Å². The number of carbonyl (C=O) groups is 2. The average Bonchev–Trinajstić information content (AvgIpc) is 2.89. The molecule has 0 saturated heterocycles. The molecule has 0 aliphatic rings. The molecule has 190 valence electrons. The van der Waals surface area contributed by atoms with E-state index in [1.165, 1.54) is 19.3 Å². The number of amides is 2. The third-order valence-corrected chi connectivity index (χ3v) is 5.56. The number of benzene rings is 2. The van der Waals surface area contributed by atoms with Crippen LogP contribution in [0.5, 0.6) is 0 Å². The summed E-state index contributed by atoms with van der Waals surface area (Å²) in [5.41, 5.74) is 4.07. The summed E-state index contributed by atoms with van der Waals surface area (Å²) in [4.78, 5) is 25.3. The Labute approximate surface area is 208 Å². The lowest BCUT2D eigenvalue weighted by Gasteiger charge is -2.30. The lowest BCUT2D eigenvalue weighted by Crippen LogP contribution is -2.55. The Morgan fingerprint density at radius 3 is 2.11 bits per heavy atom. The first kappa shape index (κ1) is 27.9. The van der Waals surface area contributed by atoms with E-state index in [1.54, 1.807) is 6.92 Å². The Bertz CT molecular complexity index is 889. The number of allylic oxidation sites excluding steroid dienone is 1. The molecule has 0 heterocycles. The van der Waals surface area contributed by atoms with Crippen LogP contribution in [0.2, 0.25) is 0 Å². The Balaban J connectivity index is 1.95. The van der Waals surface area contributed by atoms with E-state index < -0.39 is 24.3 Å². The summed E-state index contributed by atoms with van der Waals surface area (Å²) in [6.07, 6.45) is 7.48. The van der Waals surface area contributed by atoms with Crippen molar-refractivity contribution in [3.05, 3.63) is 83.9 Å². The van der Waals surface area contributed by atoms with E-state index in [9.17, 15) is 14.7 Å². The van der Waals surface area contributed by atoms with Gasteiger partial charge in [0.05, 0.1) is 12.1 Å². The van der Waals surface area contributed by atoms with Crippen LogP contribution in [0.15, 0.2) is 72.8 Å². The van der Waals surface area contributed by atoms with E-state index in [1.807, 2.05) is 72.8 Å². The first-order valence-electron chi connectivity index (χ1n) is 12.3. The van der Waals surface area contributed by atoms with Crippen molar-refractivity contribution in [1.29, 1.82) is 0 Å². The number of hydrogen-bond donors (Lipinski definition) is 2. The lowest BCUT2D eigenvalue weighted by atomic mass is 10.1. The fourth-order valence-corrected chi connectivity index (χ4v) is 3.37. The molecule has 7 nitrogen and oxygen atoms in total. The lowest BCUT2D eigenvalue weighted by molar-refractivity contribution is 0.0112. The van der Waals surface area contributed by atoms with Crippen LogP contribution < -0.4 is 5.43 Å². The highest BCUT2D eigenvalue weighted by atomic mass is 16.6. The molecule has 2 aromatic carbocycles. The van der Waals surface area contributed by atoms with Gasteiger partial charge in [0.15, 0.2) is 0 Å². The van der Waals surface area contributed by atoms with Crippen LogP contribution in [0.4, 0.5) is 9.59 Å². The van der Waals surface area contributed by atoms with Gasteiger partial charge in [-0.15, -0.1) is 0 Å². The highest BCUT2D eigenvalue weighted by Crippen LogP contribution is 2.12. The molecule has 0 bridgehead atoms. The van der Waals surface area contributed by atoms with Crippen molar-refractivity contribution in [1.82, 2.24) is 10.4 Å². The molecule has 2 N–H and O–H groups in total. The van der Waals surface area contributed by atoms with Crippen molar-refractivity contribution in [3.8, 4) is 0 Å². The van der Waals surface area contributed by atoms with Gasteiger partial charge in [-0.25, -0.2) is 20.0 Å². The second-order valence-corrected chi connectivity index (χ2v) is 8.45. The molecule has 0 radical (unpaired) electrons. The highest BCUT2D eigenvalue weighted by molar-refractivity contribution is 5.74. The van der Waals surface area contributed by atoms with Crippen LogP contribution in [0.3, 0.4) is 0 Å². The van der Waals surface area contributed by atoms with Crippen molar-refractivity contribution in [2.75, 3.05) is 0 Å². The van der Waals surface area contributed by atoms with E-state index in [0.29, 0.717) is 6.42 Å². The number of hydrogen-bond acceptors (Lipinski definition) is 5. The minimum atomic E-state index is -0.902.